The van der Waals surface area contributed by atoms with Crippen molar-refractivity contribution in [2.75, 3.05) is 0 Å². The van der Waals surface area contributed by atoms with Crippen LogP contribution in [0.2, 0.25) is 14.8 Å². The molecule has 0 unspecified atom stereocenters. The van der Waals surface area contributed by atoms with Gasteiger partial charge in [-0.05, 0) is 0 Å². The number of aromatic nitrogens is 3. The molecule has 0 N–H and O–H groups in total. The molecule has 2 aromatic rings. The van der Waals surface area contributed by atoms with E-state index in [0.717, 1.165) is 0 Å². The van der Waals surface area contributed by atoms with Crippen LogP contribution in [-0.4, -0.2) is 33.4 Å². The molecular weight excluding hydrogens is 293 g/mol. The zero-order valence-corrected chi connectivity index (χ0v) is 12.2. The van der Waals surface area contributed by atoms with Gasteiger partial charge >= 0.3 is 94.1 Å². The van der Waals surface area contributed by atoms with Crippen LogP contribution in [0.4, 0.5) is 0 Å². The molecule has 2 rings (SSSR count). The Morgan fingerprint density at radius 3 is 2.47 bits per heavy atom. The number of para-hydroxylation sites is 1. The maximum absolute atomic E-state index is 4.06. The average Bonchev–Trinajstić information content (AvgIpc) is 2.69. The molecule has 78 valence electrons. The Morgan fingerprint density at radius 1 is 1.13 bits per heavy atom. The van der Waals surface area contributed by atoms with Crippen molar-refractivity contribution in [2.24, 2.45) is 0 Å². The van der Waals surface area contributed by atoms with Gasteiger partial charge in [0.05, 0.1) is 0 Å². The molecule has 0 fully saturated rings. The molecule has 0 aliphatic carbocycles. The summed E-state index contributed by atoms with van der Waals surface area (Å²) < 4.78 is 3.34. The van der Waals surface area contributed by atoms with Crippen molar-refractivity contribution in [2.45, 2.75) is 14.8 Å². The third-order valence-corrected chi connectivity index (χ3v) is 8.20. The predicted octanol–water partition coefficient (Wildman–Crippen LogP) is 1.81. The molecule has 1 heterocycles. The van der Waals surface area contributed by atoms with Crippen molar-refractivity contribution in [1.82, 2.24) is 15.0 Å². The summed E-state index contributed by atoms with van der Waals surface area (Å²) in [5.41, 5.74) is 1.19. The van der Waals surface area contributed by atoms with E-state index in [1.54, 1.807) is 6.20 Å². The summed E-state index contributed by atoms with van der Waals surface area (Å²) in [6.07, 6.45) is 3.62. The number of hydrogen-bond donors (Lipinski definition) is 0. The molecule has 0 radical (unpaired) electrons. The van der Waals surface area contributed by atoms with Crippen molar-refractivity contribution < 1.29 is 0 Å². The van der Waals surface area contributed by atoms with E-state index < -0.39 is 18.4 Å². The molecule has 0 bridgehead atoms. The fourth-order valence-electron chi connectivity index (χ4n) is 1.64. The second kappa shape index (κ2) is 3.96. The van der Waals surface area contributed by atoms with E-state index >= 15 is 0 Å². The van der Waals surface area contributed by atoms with Gasteiger partial charge in [-0.2, -0.15) is 0 Å². The van der Waals surface area contributed by atoms with Crippen LogP contribution in [0, 0.1) is 0 Å². The summed E-state index contributed by atoms with van der Waals surface area (Å²) in [4.78, 5) is 7.22. The normalized spacial score (nSPS) is 11.7. The fraction of sp³-hybridized carbons (Fsp3) is 0.273. The topological polar surface area (TPSA) is 30.7 Å². The van der Waals surface area contributed by atoms with Gasteiger partial charge < -0.3 is 0 Å². The number of hydrogen-bond acceptors (Lipinski definition) is 2. The maximum atomic E-state index is 4.06. The van der Waals surface area contributed by atoms with Gasteiger partial charge in [0.15, 0.2) is 0 Å². The summed E-state index contributed by atoms with van der Waals surface area (Å²) in [5.74, 6) is 0. The molecule has 0 amide bonds. The third-order valence-electron chi connectivity index (χ3n) is 2.38. The average molecular weight is 308 g/mol. The van der Waals surface area contributed by atoms with Crippen LogP contribution in [-0.2, 0) is 0 Å². The summed E-state index contributed by atoms with van der Waals surface area (Å²) in [6.45, 7) is 0. The summed E-state index contributed by atoms with van der Waals surface area (Å²) >= 11 is -2.06. The van der Waals surface area contributed by atoms with Gasteiger partial charge in [0.2, 0.25) is 0 Å². The molecule has 1 aromatic heterocycles. The molecule has 0 saturated carbocycles. The van der Waals surface area contributed by atoms with Crippen LogP contribution in [0.25, 0.3) is 5.69 Å². The van der Waals surface area contributed by atoms with Gasteiger partial charge in [-0.1, -0.05) is 0 Å². The van der Waals surface area contributed by atoms with Crippen molar-refractivity contribution in [3.05, 3.63) is 36.7 Å². The van der Waals surface area contributed by atoms with E-state index in [1.165, 1.54) is 9.27 Å². The van der Waals surface area contributed by atoms with Crippen molar-refractivity contribution in [3.63, 3.8) is 0 Å². The Bertz CT molecular complexity index is 443. The molecule has 1 aromatic carbocycles. The Hall–Kier alpha value is -0.841. The van der Waals surface area contributed by atoms with Crippen molar-refractivity contribution in [3.8, 4) is 5.69 Å². The quantitative estimate of drug-likeness (QED) is 0.792. The molecule has 0 aliphatic rings. The van der Waals surface area contributed by atoms with Gasteiger partial charge in [0, 0.05) is 0 Å². The number of nitrogens with zero attached hydrogens (tertiary/aromatic N) is 3. The van der Waals surface area contributed by atoms with E-state index in [9.17, 15) is 0 Å². The van der Waals surface area contributed by atoms with E-state index in [2.05, 4.69) is 49.4 Å². The van der Waals surface area contributed by atoms with Gasteiger partial charge in [-0.25, -0.2) is 0 Å². The third kappa shape index (κ3) is 2.22. The minimum absolute atomic E-state index is 1.19. The van der Waals surface area contributed by atoms with Crippen LogP contribution < -0.4 is 3.58 Å². The van der Waals surface area contributed by atoms with Crippen LogP contribution in [0.1, 0.15) is 0 Å². The molecule has 0 spiro atoms. The first-order chi connectivity index (χ1) is 7.09. The van der Waals surface area contributed by atoms with Crippen LogP contribution in [0.15, 0.2) is 36.7 Å². The van der Waals surface area contributed by atoms with Gasteiger partial charge in [-0.3, -0.25) is 0 Å². The molecular formula is C11H15N3Sn. The Balaban J connectivity index is 2.58. The Morgan fingerprint density at radius 2 is 1.87 bits per heavy atom. The SMILES string of the molecule is [CH3][Sn]([CH3])([CH3])[c]1ccccc1-n1ccnn1. The number of rotatable bonds is 2. The predicted molar refractivity (Wildman–Crippen MR) is 64.3 cm³/mol. The molecule has 4 heteroatoms. The summed E-state index contributed by atoms with van der Waals surface area (Å²) in [6, 6.07) is 8.51. The minimum atomic E-state index is -2.06. The van der Waals surface area contributed by atoms with Gasteiger partial charge in [-0.15, -0.1) is 0 Å². The summed E-state index contributed by atoms with van der Waals surface area (Å²) in [7, 11) is 0. The Kier molecular flexibility index (Phi) is 2.82. The standard InChI is InChI=1S/C8H6N3.3CH3.Sn/c1-2-4-8(5-3-1)11-7-6-9-10-11;;;;/h1-4,6-7H;3*1H3;. The van der Waals surface area contributed by atoms with E-state index in [0.29, 0.717) is 0 Å². The van der Waals surface area contributed by atoms with Crippen LogP contribution in [0.5, 0.6) is 0 Å². The zero-order chi connectivity index (χ0) is 10.9. The van der Waals surface area contributed by atoms with E-state index in [1.807, 2.05) is 10.9 Å². The zero-order valence-electron chi connectivity index (χ0n) is 9.31. The summed E-state index contributed by atoms with van der Waals surface area (Å²) in [5, 5.41) is 7.92. The van der Waals surface area contributed by atoms with Crippen molar-refractivity contribution >= 4 is 22.0 Å². The Labute approximate surface area is 94.0 Å². The second-order valence-corrected chi connectivity index (χ2v) is 19.0. The molecule has 0 aliphatic heterocycles. The second-order valence-electron chi connectivity index (χ2n) is 4.61. The van der Waals surface area contributed by atoms with Gasteiger partial charge in [0.1, 0.15) is 0 Å². The molecule has 0 saturated heterocycles. The van der Waals surface area contributed by atoms with Crippen molar-refractivity contribution in [1.29, 1.82) is 0 Å². The van der Waals surface area contributed by atoms with E-state index in [4.69, 9.17) is 0 Å². The molecule has 0 atom stereocenters. The fourth-order valence-corrected chi connectivity index (χ4v) is 6.10. The van der Waals surface area contributed by atoms with Crippen LogP contribution >= 0.6 is 0 Å². The van der Waals surface area contributed by atoms with E-state index in [-0.39, 0.29) is 0 Å². The first kappa shape index (κ1) is 10.7. The monoisotopic (exact) mass is 309 g/mol. The molecule has 15 heavy (non-hydrogen) atoms. The van der Waals surface area contributed by atoms with Gasteiger partial charge in [0.25, 0.3) is 0 Å². The number of benzene rings is 1. The first-order valence-electron chi connectivity index (χ1n) is 5.05. The molecule has 3 nitrogen and oxygen atoms in total. The van der Waals surface area contributed by atoms with Crippen LogP contribution in [0.3, 0.4) is 0 Å². The first-order valence-corrected chi connectivity index (χ1v) is 15.0.